The van der Waals surface area contributed by atoms with Gasteiger partial charge in [0.2, 0.25) is 5.91 Å². The zero-order chi connectivity index (χ0) is 20.1. The molecule has 6 heteroatoms. The second kappa shape index (κ2) is 8.35. The first-order valence-corrected chi connectivity index (χ1v) is 8.89. The van der Waals surface area contributed by atoms with E-state index in [9.17, 15) is 9.59 Å². The van der Waals surface area contributed by atoms with Crippen molar-refractivity contribution in [3.05, 3.63) is 77.6 Å². The molecule has 0 bridgehead atoms. The van der Waals surface area contributed by atoms with Gasteiger partial charge in [-0.3, -0.25) is 14.6 Å². The molecule has 0 atom stereocenters. The molecule has 6 nitrogen and oxygen atoms in total. The van der Waals surface area contributed by atoms with Crippen LogP contribution in [0.4, 0.5) is 22.7 Å². The van der Waals surface area contributed by atoms with Crippen LogP contribution in [0.3, 0.4) is 0 Å². The normalized spacial score (nSPS) is 10.2. The Morgan fingerprint density at radius 3 is 2.32 bits per heavy atom. The Kier molecular flexibility index (Phi) is 5.69. The number of amides is 2. The molecule has 2 aromatic carbocycles. The molecule has 0 aliphatic heterocycles. The summed E-state index contributed by atoms with van der Waals surface area (Å²) in [6.45, 7) is 5.51. The monoisotopic (exact) mass is 374 g/mol. The summed E-state index contributed by atoms with van der Waals surface area (Å²) in [6, 6.07) is 14.9. The first-order chi connectivity index (χ1) is 13.4. The summed E-state index contributed by atoms with van der Waals surface area (Å²) in [5, 5.41) is 8.81. The summed E-state index contributed by atoms with van der Waals surface area (Å²) in [4.78, 5) is 27.9. The second-order valence-corrected chi connectivity index (χ2v) is 6.62. The number of pyridine rings is 1. The highest BCUT2D eigenvalue weighted by molar-refractivity contribution is 6.05. The molecule has 0 saturated heterocycles. The summed E-state index contributed by atoms with van der Waals surface area (Å²) in [5.74, 6) is -0.449. The van der Waals surface area contributed by atoms with Crippen molar-refractivity contribution in [3.63, 3.8) is 0 Å². The average molecular weight is 374 g/mol. The van der Waals surface area contributed by atoms with Crippen molar-refractivity contribution in [1.29, 1.82) is 0 Å². The van der Waals surface area contributed by atoms with E-state index in [1.807, 2.05) is 26.0 Å². The molecule has 2 amide bonds. The molecule has 28 heavy (non-hydrogen) atoms. The van der Waals surface area contributed by atoms with Crippen LogP contribution in [-0.2, 0) is 4.79 Å². The van der Waals surface area contributed by atoms with E-state index in [0.717, 1.165) is 16.9 Å². The van der Waals surface area contributed by atoms with Crippen LogP contribution in [0.1, 0.15) is 28.4 Å². The molecular weight excluding hydrogens is 352 g/mol. The lowest BCUT2D eigenvalue weighted by molar-refractivity contribution is -0.114. The van der Waals surface area contributed by atoms with Crippen LogP contribution < -0.4 is 16.0 Å². The molecular formula is C22H22N4O2. The predicted molar refractivity (Wildman–Crippen MR) is 112 cm³/mol. The largest absolute Gasteiger partial charge is 0.354 e. The molecule has 3 N–H and O–H groups in total. The Hall–Kier alpha value is -3.67. The van der Waals surface area contributed by atoms with Gasteiger partial charge in [0.1, 0.15) is 0 Å². The Labute approximate surface area is 164 Å². The van der Waals surface area contributed by atoms with Gasteiger partial charge in [0.05, 0.1) is 17.4 Å². The van der Waals surface area contributed by atoms with E-state index >= 15 is 0 Å². The minimum absolute atomic E-state index is 0.169. The molecule has 0 aliphatic carbocycles. The van der Waals surface area contributed by atoms with Crippen LogP contribution in [0.25, 0.3) is 0 Å². The fraction of sp³-hybridized carbons (Fsp3) is 0.136. The quantitative estimate of drug-likeness (QED) is 0.607. The number of carbonyl (C=O) groups is 2. The van der Waals surface area contributed by atoms with Crippen molar-refractivity contribution in [2.75, 3.05) is 16.0 Å². The maximum absolute atomic E-state index is 12.6. The van der Waals surface area contributed by atoms with Crippen molar-refractivity contribution in [2.24, 2.45) is 0 Å². The first-order valence-electron chi connectivity index (χ1n) is 8.89. The number of rotatable bonds is 5. The van der Waals surface area contributed by atoms with Crippen molar-refractivity contribution < 1.29 is 9.59 Å². The SMILES string of the molecule is CC(=O)Nc1cccc(NC(=O)c2cncc(Nc3ccc(C)cc3C)c2)c1. The van der Waals surface area contributed by atoms with E-state index in [1.54, 1.807) is 36.5 Å². The zero-order valence-electron chi connectivity index (χ0n) is 16.0. The minimum atomic E-state index is -0.281. The molecule has 142 valence electrons. The molecule has 1 aromatic heterocycles. The van der Waals surface area contributed by atoms with Gasteiger partial charge in [0, 0.05) is 30.2 Å². The number of hydrogen-bond acceptors (Lipinski definition) is 4. The standard InChI is InChI=1S/C22H22N4O2/c1-14-7-8-21(15(2)9-14)25-20-10-17(12-23-13-20)22(28)26-19-6-4-5-18(11-19)24-16(3)27/h4-13,25H,1-3H3,(H,24,27)(H,26,28). The fourth-order valence-corrected chi connectivity index (χ4v) is 2.82. The third kappa shape index (κ3) is 4.94. The predicted octanol–water partition coefficient (Wildman–Crippen LogP) is 4.65. The molecule has 3 aromatic rings. The lowest BCUT2D eigenvalue weighted by atomic mass is 10.1. The molecule has 3 rings (SSSR count). The van der Waals surface area contributed by atoms with Gasteiger partial charge < -0.3 is 16.0 Å². The molecule has 0 radical (unpaired) electrons. The maximum Gasteiger partial charge on any atom is 0.257 e. The molecule has 1 heterocycles. The second-order valence-electron chi connectivity index (χ2n) is 6.62. The Bertz CT molecular complexity index is 1030. The van der Waals surface area contributed by atoms with Gasteiger partial charge in [-0.25, -0.2) is 0 Å². The summed E-state index contributed by atoms with van der Waals surface area (Å²) in [7, 11) is 0. The van der Waals surface area contributed by atoms with Gasteiger partial charge >= 0.3 is 0 Å². The molecule has 0 unspecified atom stereocenters. The van der Waals surface area contributed by atoms with Crippen LogP contribution in [0.2, 0.25) is 0 Å². The number of carbonyl (C=O) groups excluding carboxylic acids is 2. The molecule has 0 aliphatic rings. The van der Waals surface area contributed by atoms with Crippen LogP contribution >= 0.6 is 0 Å². The minimum Gasteiger partial charge on any atom is -0.354 e. The first kappa shape index (κ1) is 19.1. The summed E-state index contributed by atoms with van der Waals surface area (Å²) >= 11 is 0. The highest BCUT2D eigenvalue weighted by atomic mass is 16.2. The Morgan fingerprint density at radius 1 is 0.857 bits per heavy atom. The molecule has 0 saturated carbocycles. The van der Waals surface area contributed by atoms with Crippen molar-refractivity contribution >= 4 is 34.6 Å². The summed E-state index contributed by atoms with van der Waals surface area (Å²) < 4.78 is 0. The fourth-order valence-electron chi connectivity index (χ4n) is 2.82. The lowest BCUT2D eigenvalue weighted by Gasteiger charge is -2.11. The van der Waals surface area contributed by atoms with E-state index < -0.39 is 0 Å². The van der Waals surface area contributed by atoms with Crippen molar-refractivity contribution in [2.45, 2.75) is 20.8 Å². The highest BCUT2D eigenvalue weighted by Crippen LogP contribution is 2.22. The average Bonchev–Trinajstić information content (AvgIpc) is 2.64. The zero-order valence-corrected chi connectivity index (χ0v) is 16.0. The summed E-state index contributed by atoms with van der Waals surface area (Å²) in [5.41, 5.74) is 5.64. The number of benzene rings is 2. The van der Waals surface area contributed by atoms with E-state index in [2.05, 4.69) is 27.0 Å². The number of hydrogen-bond donors (Lipinski definition) is 3. The van der Waals surface area contributed by atoms with Gasteiger partial charge in [0.25, 0.3) is 5.91 Å². The van der Waals surface area contributed by atoms with Crippen molar-refractivity contribution in [1.82, 2.24) is 4.98 Å². The van der Waals surface area contributed by atoms with Gasteiger partial charge in [-0.05, 0) is 49.7 Å². The topological polar surface area (TPSA) is 83.1 Å². The number of anilines is 4. The van der Waals surface area contributed by atoms with Gasteiger partial charge in [-0.1, -0.05) is 23.8 Å². The lowest BCUT2D eigenvalue weighted by Crippen LogP contribution is -2.13. The van der Waals surface area contributed by atoms with Gasteiger partial charge in [0.15, 0.2) is 0 Å². The van der Waals surface area contributed by atoms with Crippen LogP contribution in [0.5, 0.6) is 0 Å². The van der Waals surface area contributed by atoms with Crippen LogP contribution in [0.15, 0.2) is 60.9 Å². The molecule has 0 spiro atoms. The summed E-state index contributed by atoms with van der Waals surface area (Å²) in [6.07, 6.45) is 3.19. The highest BCUT2D eigenvalue weighted by Gasteiger charge is 2.09. The van der Waals surface area contributed by atoms with Gasteiger partial charge in [-0.15, -0.1) is 0 Å². The third-order valence-electron chi connectivity index (χ3n) is 4.10. The Balaban J connectivity index is 1.74. The number of aryl methyl sites for hydroxylation is 2. The number of aromatic nitrogens is 1. The number of nitrogens with one attached hydrogen (secondary N) is 3. The van der Waals surface area contributed by atoms with E-state index in [-0.39, 0.29) is 11.8 Å². The smallest absolute Gasteiger partial charge is 0.257 e. The Morgan fingerprint density at radius 2 is 1.61 bits per heavy atom. The van der Waals surface area contributed by atoms with Gasteiger partial charge in [-0.2, -0.15) is 0 Å². The third-order valence-corrected chi connectivity index (χ3v) is 4.10. The van der Waals surface area contributed by atoms with E-state index in [4.69, 9.17) is 0 Å². The number of nitrogens with zero attached hydrogens (tertiary/aromatic N) is 1. The van der Waals surface area contributed by atoms with Crippen LogP contribution in [0, 0.1) is 13.8 Å². The van der Waals surface area contributed by atoms with Crippen molar-refractivity contribution in [3.8, 4) is 0 Å². The maximum atomic E-state index is 12.6. The van der Waals surface area contributed by atoms with Crippen LogP contribution in [-0.4, -0.2) is 16.8 Å². The molecule has 0 fully saturated rings. The van der Waals surface area contributed by atoms with E-state index in [0.29, 0.717) is 16.9 Å². The van der Waals surface area contributed by atoms with E-state index in [1.165, 1.54) is 18.7 Å².